The van der Waals surface area contributed by atoms with Crippen molar-refractivity contribution in [3.63, 3.8) is 0 Å². The average molecular weight is 695 g/mol. The van der Waals surface area contributed by atoms with E-state index < -0.39 is 90.5 Å². The molecule has 0 bridgehead atoms. The Hall–Kier alpha value is -1.78. The van der Waals surface area contributed by atoms with Crippen molar-refractivity contribution in [2.75, 3.05) is 39.9 Å². The van der Waals surface area contributed by atoms with Crippen LogP contribution in [0.5, 0.6) is 0 Å². The molecule has 2 heterocycles. The smallest absolute Gasteiger partial charge is 0.408 e. The Morgan fingerprint density at radius 3 is 2.38 bits per heavy atom. The fraction of sp³-hybridized carbons (Fsp3) is 0.933. The summed E-state index contributed by atoms with van der Waals surface area (Å²) < 4.78 is 29.8. The largest absolute Gasteiger partial charge is 0.444 e. The summed E-state index contributed by atoms with van der Waals surface area (Å²) in [6, 6.07) is -3.44. The summed E-state index contributed by atoms with van der Waals surface area (Å²) >= 11 is 0. The molecule has 0 radical (unpaired) electrons. The lowest BCUT2D eigenvalue weighted by Crippen LogP contribution is -2.69. The number of amides is 2. The minimum absolute atomic E-state index is 0.00182. The van der Waals surface area contributed by atoms with E-state index in [9.17, 15) is 35.1 Å². The third kappa shape index (κ3) is 11.1. The molecule has 0 aromatic carbocycles. The van der Waals surface area contributed by atoms with Crippen molar-refractivity contribution in [2.24, 2.45) is 11.5 Å². The third-order valence-electron chi connectivity index (χ3n) is 8.63. The summed E-state index contributed by atoms with van der Waals surface area (Å²) in [5.74, 6) is -0.755. The highest BCUT2D eigenvalue weighted by molar-refractivity contribution is 5.80. The first-order chi connectivity index (χ1) is 22.5. The van der Waals surface area contributed by atoms with Gasteiger partial charge in [-0.25, -0.2) is 4.79 Å². The number of aliphatic hydroxyl groups is 5. The normalized spacial score (nSPS) is 38.2. The summed E-state index contributed by atoms with van der Waals surface area (Å²) in [6.45, 7) is 7.20. The second-order valence-corrected chi connectivity index (χ2v) is 14.0. The molecule has 18 nitrogen and oxygen atoms in total. The van der Waals surface area contributed by atoms with Crippen LogP contribution in [-0.4, -0.2) is 162 Å². The zero-order chi connectivity index (χ0) is 35.8. The number of likely N-dealkylation sites (N-methyl/N-ethyl adjacent to an activating group) is 1. The minimum atomic E-state index is -1.55. The second kappa shape index (κ2) is 17.9. The van der Waals surface area contributed by atoms with Gasteiger partial charge in [-0.05, 0) is 67.0 Å². The molecule has 13 N–H and O–H groups in total. The molecule has 2 saturated heterocycles. The van der Waals surface area contributed by atoms with E-state index in [0.717, 1.165) is 0 Å². The highest BCUT2D eigenvalue weighted by atomic mass is 16.7. The first-order valence-corrected chi connectivity index (χ1v) is 16.6. The van der Waals surface area contributed by atoms with Crippen LogP contribution in [0.3, 0.4) is 0 Å². The predicted octanol–water partition coefficient (Wildman–Crippen LogP) is -3.92. The van der Waals surface area contributed by atoms with Gasteiger partial charge in [0.25, 0.3) is 0 Å². The fourth-order valence-corrected chi connectivity index (χ4v) is 6.25. The van der Waals surface area contributed by atoms with E-state index in [2.05, 4.69) is 21.3 Å². The quantitative estimate of drug-likeness (QED) is 0.0775. The van der Waals surface area contributed by atoms with Crippen LogP contribution >= 0.6 is 0 Å². The van der Waals surface area contributed by atoms with Crippen molar-refractivity contribution in [3.8, 4) is 0 Å². The summed E-state index contributed by atoms with van der Waals surface area (Å²) in [4.78, 5) is 25.6. The standard InChI is InChI=1S/C30H58N6O12/c1-29(2,3)48-28(42)36-17-7-6-15(13-34-10-11-37)45-26(17)46-22-16(32)12-18(35-25(41)19(38)8-9-31)23(20(22)39)47-27-21(40)24(33-5)30(4,43)14-44-27/h15-24,26-27,33-34,37-40,43H,6-14,31-32H2,1-5H3,(H,35,41)(H,36,42). The Balaban J connectivity index is 1.86. The van der Waals surface area contributed by atoms with Crippen LogP contribution in [0.1, 0.15) is 53.4 Å². The Morgan fingerprint density at radius 1 is 1.06 bits per heavy atom. The van der Waals surface area contributed by atoms with Gasteiger partial charge in [-0.1, -0.05) is 0 Å². The minimum Gasteiger partial charge on any atom is -0.444 e. The van der Waals surface area contributed by atoms with E-state index in [1.54, 1.807) is 27.8 Å². The van der Waals surface area contributed by atoms with Crippen LogP contribution in [-0.2, 0) is 28.5 Å². The monoisotopic (exact) mass is 694 g/mol. The molecule has 48 heavy (non-hydrogen) atoms. The molecule has 1 saturated carbocycles. The van der Waals surface area contributed by atoms with Crippen molar-refractivity contribution in [2.45, 2.75) is 138 Å². The molecule has 2 amide bonds. The molecular formula is C30H58N6O12. The molecule has 13 atom stereocenters. The molecule has 0 aromatic heterocycles. The van der Waals surface area contributed by atoms with Gasteiger partial charge in [-0.3, -0.25) is 4.79 Å². The number of hydrogen-bond acceptors (Lipinski definition) is 16. The van der Waals surface area contributed by atoms with Gasteiger partial charge in [-0.15, -0.1) is 0 Å². The summed E-state index contributed by atoms with van der Waals surface area (Å²) in [5.41, 5.74) is 9.85. The van der Waals surface area contributed by atoms with Gasteiger partial charge in [-0.2, -0.15) is 0 Å². The molecule has 18 heteroatoms. The van der Waals surface area contributed by atoms with Crippen LogP contribution in [0.4, 0.5) is 4.79 Å². The molecule has 1 aliphatic carbocycles. The molecule has 3 fully saturated rings. The number of alkyl carbamates (subject to hydrolysis) is 1. The van der Waals surface area contributed by atoms with Gasteiger partial charge in [0.1, 0.15) is 41.7 Å². The molecule has 0 aromatic rings. The van der Waals surface area contributed by atoms with E-state index in [1.165, 1.54) is 6.92 Å². The zero-order valence-electron chi connectivity index (χ0n) is 28.5. The highest BCUT2D eigenvalue weighted by Gasteiger charge is 2.52. The van der Waals surface area contributed by atoms with E-state index in [4.69, 9.17) is 35.2 Å². The van der Waals surface area contributed by atoms with Crippen LogP contribution in [0.25, 0.3) is 0 Å². The lowest BCUT2D eigenvalue weighted by Gasteiger charge is -2.49. The first-order valence-electron chi connectivity index (χ1n) is 16.6. The second-order valence-electron chi connectivity index (χ2n) is 14.0. The fourth-order valence-electron chi connectivity index (χ4n) is 6.25. The summed E-state index contributed by atoms with van der Waals surface area (Å²) in [6.07, 6.45) is -9.36. The van der Waals surface area contributed by atoms with E-state index in [0.29, 0.717) is 25.9 Å². The molecule has 3 aliphatic rings. The number of aliphatic hydroxyl groups excluding tert-OH is 4. The first kappa shape index (κ1) is 40.6. The number of rotatable bonds is 14. The number of carbonyl (C=O) groups excluding carboxylic acids is 2. The maximum absolute atomic E-state index is 12.8. The average Bonchev–Trinajstić information content (AvgIpc) is 2.98. The summed E-state index contributed by atoms with van der Waals surface area (Å²) in [7, 11) is 1.56. The maximum atomic E-state index is 12.8. The van der Waals surface area contributed by atoms with Gasteiger partial charge < -0.3 is 82.0 Å². The van der Waals surface area contributed by atoms with Crippen molar-refractivity contribution in [1.82, 2.24) is 21.3 Å². The van der Waals surface area contributed by atoms with E-state index >= 15 is 0 Å². The molecule has 2 aliphatic heterocycles. The number of nitrogens with two attached hydrogens (primary N) is 2. The van der Waals surface area contributed by atoms with Crippen molar-refractivity contribution in [3.05, 3.63) is 0 Å². The Labute approximate surface area is 281 Å². The topological polar surface area (TPSA) is 282 Å². The zero-order valence-corrected chi connectivity index (χ0v) is 28.5. The van der Waals surface area contributed by atoms with Crippen molar-refractivity contribution >= 4 is 12.0 Å². The van der Waals surface area contributed by atoms with Crippen molar-refractivity contribution < 1.29 is 58.8 Å². The van der Waals surface area contributed by atoms with E-state index in [-0.39, 0.29) is 38.7 Å². The van der Waals surface area contributed by atoms with Gasteiger partial charge in [0, 0.05) is 19.1 Å². The van der Waals surface area contributed by atoms with Crippen LogP contribution in [0.15, 0.2) is 0 Å². The van der Waals surface area contributed by atoms with Crippen molar-refractivity contribution in [1.29, 1.82) is 0 Å². The lowest BCUT2D eigenvalue weighted by molar-refractivity contribution is -0.308. The Morgan fingerprint density at radius 2 is 1.75 bits per heavy atom. The number of ether oxygens (including phenoxy) is 5. The van der Waals surface area contributed by atoms with Crippen LogP contribution in [0.2, 0.25) is 0 Å². The maximum Gasteiger partial charge on any atom is 0.408 e. The van der Waals surface area contributed by atoms with Gasteiger partial charge >= 0.3 is 6.09 Å². The molecule has 0 spiro atoms. The van der Waals surface area contributed by atoms with Crippen LogP contribution < -0.4 is 32.7 Å². The third-order valence-corrected chi connectivity index (χ3v) is 8.63. The molecule has 280 valence electrons. The Kier molecular flexibility index (Phi) is 15.2. The molecular weight excluding hydrogens is 636 g/mol. The number of nitrogens with one attached hydrogen (secondary N) is 4. The molecule has 3 rings (SSSR count). The predicted molar refractivity (Wildman–Crippen MR) is 170 cm³/mol. The number of hydrogen-bond donors (Lipinski definition) is 11. The number of carbonyl (C=O) groups is 2. The summed E-state index contributed by atoms with van der Waals surface area (Å²) in [5, 5.41) is 64.4. The van der Waals surface area contributed by atoms with E-state index in [1.807, 2.05) is 0 Å². The Bertz CT molecular complexity index is 1020. The van der Waals surface area contributed by atoms with Gasteiger partial charge in [0.05, 0.1) is 37.4 Å². The van der Waals surface area contributed by atoms with Crippen LogP contribution in [0, 0.1) is 0 Å². The SMILES string of the molecule is CNC1C(O)C(OC2C(NC(=O)C(O)CCN)CC(N)C(OC3OC(CNCCO)CCC3NC(=O)OC(C)(C)C)C2O)OCC1(C)O. The van der Waals surface area contributed by atoms with Gasteiger partial charge in [0.15, 0.2) is 12.6 Å². The highest BCUT2D eigenvalue weighted by Crippen LogP contribution is 2.32. The lowest BCUT2D eigenvalue weighted by atomic mass is 9.83. The van der Waals surface area contributed by atoms with Gasteiger partial charge in [0.2, 0.25) is 5.91 Å². The molecule has 13 unspecified atom stereocenters.